The molecular formula is C20H20ClFO4. The maximum atomic E-state index is 14.4. The molecule has 138 valence electrons. The lowest BCUT2D eigenvalue weighted by Gasteiger charge is -2.25. The minimum Gasteiger partial charge on any atom is -0.473 e. The average Bonchev–Trinajstić information content (AvgIpc) is 2.56. The number of halogens is 2. The molecule has 4 nitrogen and oxygen atoms in total. The number of carbonyl (C=O) groups excluding carboxylic acids is 2. The van der Waals surface area contributed by atoms with Crippen molar-refractivity contribution in [3.8, 4) is 5.75 Å². The van der Waals surface area contributed by atoms with Gasteiger partial charge in [-0.25, -0.2) is 9.18 Å². The van der Waals surface area contributed by atoms with E-state index >= 15 is 0 Å². The third kappa shape index (κ3) is 4.82. The van der Waals surface area contributed by atoms with E-state index in [9.17, 15) is 14.0 Å². The number of carbonyl (C=O) groups is 2. The number of esters is 1. The summed E-state index contributed by atoms with van der Waals surface area (Å²) in [6.45, 7) is 6.41. The van der Waals surface area contributed by atoms with Gasteiger partial charge in [-0.05, 0) is 70.2 Å². The van der Waals surface area contributed by atoms with E-state index in [1.165, 1.54) is 26.0 Å². The van der Waals surface area contributed by atoms with E-state index in [0.717, 1.165) is 6.07 Å². The van der Waals surface area contributed by atoms with Crippen molar-refractivity contribution in [3.05, 3.63) is 64.4 Å². The van der Waals surface area contributed by atoms with Gasteiger partial charge in [-0.1, -0.05) is 11.6 Å². The van der Waals surface area contributed by atoms with Crippen molar-refractivity contribution in [2.24, 2.45) is 0 Å². The van der Waals surface area contributed by atoms with Gasteiger partial charge in [-0.15, -0.1) is 0 Å². The lowest BCUT2D eigenvalue weighted by molar-refractivity contribution is -0.163. The van der Waals surface area contributed by atoms with Gasteiger partial charge < -0.3 is 9.47 Å². The molecule has 0 amide bonds. The van der Waals surface area contributed by atoms with Crippen LogP contribution in [0.5, 0.6) is 5.75 Å². The lowest BCUT2D eigenvalue weighted by Crippen LogP contribution is -2.41. The van der Waals surface area contributed by atoms with E-state index in [-0.39, 0.29) is 23.2 Å². The summed E-state index contributed by atoms with van der Waals surface area (Å²) in [7, 11) is 0. The predicted octanol–water partition coefficient (Wildman–Crippen LogP) is 4.82. The van der Waals surface area contributed by atoms with Crippen LogP contribution in [0.4, 0.5) is 4.39 Å². The summed E-state index contributed by atoms with van der Waals surface area (Å²) < 4.78 is 25.0. The van der Waals surface area contributed by atoms with Gasteiger partial charge in [0.2, 0.25) is 0 Å². The molecule has 0 spiro atoms. The summed E-state index contributed by atoms with van der Waals surface area (Å²) in [5, 5.41) is 0.506. The Labute approximate surface area is 156 Å². The summed E-state index contributed by atoms with van der Waals surface area (Å²) in [4.78, 5) is 24.5. The van der Waals surface area contributed by atoms with Crippen molar-refractivity contribution in [1.82, 2.24) is 0 Å². The third-order valence-corrected chi connectivity index (χ3v) is 3.75. The first kappa shape index (κ1) is 19.9. The summed E-state index contributed by atoms with van der Waals surface area (Å²) in [6.07, 6.45) is -0.311. The molecule has 26 heavy (non-hydrogen) atoms. The van der Waals surface area contributed by atoms with Crippen LogP contribution in [0.25, 0.3) is 0 Å². The average molecular weight is 378 g/mol. The maximum Gasteiger partial charge on any atom is 0.350 e. The summed E-state index contributed by atoms with van der Waals surface area (Å²) >= 11 is 5.80. The molecule has 0 aliphatic carbocycles. The molecule has 0 aromatic heterocycles. The second-order valence-corrected chi connectivity index (χ2v) is 6.98. The summed E-state index contributed by atoms with van der Waals surface area (Å²) in [5.41, 5.74) is -0.810. The van der Waals surface area contributed by atoms with Gasteiger partial charge >= 0.3 is 5.97 Å². The van der Waals surface area contributed by atoms with Crippen LogP contribution >= 0.6 is 11.6 Å². The van der Waals surface area contributed by atoms with Gasteiger partial charge in [-0.2, -0.15) is 0 Å². The fourth-order valence-corrected chi connectivity index (χ4v) is 2.29. The van der Waals surface area contributed by atoms with Crippen LogP contribution in [0.15, 0.2) is 42.5 Å². The Morgan fingerprint density at radius 1 is 1.04 bits per heavy atom. The van der Waals surface area contributed by atoms with Crippen molar-refractivity contribution >= 4 is 23.4 Å². The quantitative estimate of drug-likeness (QED) is 0.535. The number of hydrogen-bond acceptors (Lipinski definition) is 4. The molecule has 2 aromatic carbocycles. The van der Waals surface area contributed by atoms with Crippen LogP contribution in [0.3, 0.4) is 0 Å². The third-order valence-electron chi connectivity index (χ3n) is 3.50. The largest absolute Gasteiger partial charge is 0.473 e. The fourth-order valence-electron chi connectivity index (χ4n) is 2.17. The first-order valence-corrected chi connectivity index (χ1v) is 8.48. The topological polar surface area (TPSA) is 52.6 Å². The van der Waals surface area contributed by atoms with Crippen LogP contribution in [-0.4, -0.2) is 23.5 Å². The minimum atomic E-state index is -1.37. The Balaban J connectivity index is 2.20. The summed E-state index contributed by atoms with van der Waals surface area (Å²) in [5.74, 6) is -1.82. The minimum absolute atomic E-state index is 0.136. The molecule has 0 bridgehead atoms. The van der Waals surface area contributed by atoms with Gasteiger partial charge in [0.15, 0.2) is 23.0 Å². The van der Waals surface area contributed by atoms with Gasteiger partial charge in [0, 0.05) is 16.1 Å². The Bertz CT molecular complexity index is 813. The molecule has 2 rings (SSSR count). The van der Waals surface area contributed by atoms with Crippen molar-refractivity contribution in [2.45, 2.75) is 39.4 Å². The fraction of sp³-hybridized carbons (Fsp3) is 0.300. The monoisotopic (exact) mass is 377 g/mol. The highest BCUT2D eigenvalue weighted by Crippen LogP contribution is 2.25. The highest BCUT2D eigenvalue weighted by Gasteiger charge is 2.33. The van der Waals surface area contributed by atoms with Crippen LogP contribution in [0.2, 0.25) is 5.02 Å². The molecule has 0 atom stereocenters. The van der Waals surface area contributed by atoms with E-state index in [1.807, 2.05) is 0 Å². The van der Waals surface area contributed by atoms with Crippen molar-refractivity contribution in [3.63, 3.8) is 0 Å². The molecule has 0 fully saturated rings. The van der Waals surface area contributed by atoms with Crippen molar-refractivity contribution in [2.75, 3.05) is 0 Å². The first-order chi connectivity index (χ1) is 12.1. The SMILES string of the molecule is CC(C)OC(=O)C(C)(C)Oc1ccc(C(=O)c2ccc(Cl)cc2)cc1[18F]. The molecule has 6 heteroatoms. The number of benzene rings is 2. The van der Waals surface area contributed by atoms with Crippen LogP contribution in [0.1, 0.15) is 43.6 Å². The zero-order valence-electron chi connectivity index (χ0n) is 15.0. The second-order valence-electron chi connectivity index (χ2n) is 6.55. The molecular weight excluding hydrogens is 358 g/mol. The molecule has 2 aromatic rings. The molecule has 0 aliphatic rings. The Kier molecular flexibility index (Phi) is 6.03. The molecule has 0 saturated carbocycles. The molecule has 0 heterocycles. The first-order valence-electron chi connectivity index (χ1n) is 8.10. The number of hydrogen-bond donors (Lipinski definition) is 0. The van der Waals surface area contributed by atoms with E-state index in [0.29, 0.717) is 10.6 Å². The zero-order valence-corrected chi connectivity index (χ0v) is 15.8. The van der Waals surface area contributed by atoms with Crippen molar-refractivity contribution < 1.29 is 23.5 Å². The second kappa shape index (κ2) is 7.87. The van der Waals surface area contributed by atoms with Crippen LogP contribution in [-0.2, 0) is 9.53 Å². The van der Waals surface area contributed by atoms with Gasteiger partial charge in [0.05, 0.1) is 6.10 Å². The van der Waals surface area contributed by atoms with Gasteiger partial charge in [0.1, 0.15) is 0 Å². The molecule has 0 saturated heterocycles. The number of rotatable bonds is 6. The van der Waals surface area contributed by atoms with Crippen molar-refractivity contribution in [1.29, 1.82) is 0 Å². The van der Waals surface area contributed by atoms with E-state index in [4.69, 9.17) is 21.1 Å². The van der Waals surface area contributed by atoms with E-state index in [2.05, 4.69) is 0 Å². The maximum absolute atomic E-state index is 14.4. The van der Waals surface area contributed by atoms with Gasteiger partial charge in [0.25, 0.3) is 0 Å². The van der Waals surface area contributed by atoms with Crippen LogP contribution in [0, 0.1) is 5.82 Å². The highest BCUT2D eigenvalue weighted by atomic mass is 35.5. The molecule has 0 radical (unpaired) electrons. The smallest absolute Gasteiger partial charge is 0.350 e. The van der Waals surface area contributed by atoms with E-state index < -0.39 is 17.4 Å². The predicted molar refractivity (Wildman–Crippen MR) is 97.2 cm³/mol. The standard InChI is InChI=1S/C20H20ClFO4/c1-12(2)25-19(24)20(3,4)26-17-10-7-14(11-16(17)22)18(23)13-5-8-15(21)9-6-13/h5-12H,1-4H3/i22-1. The zero-order chi connectivity index (χ0) is 19.5. The number of ether oxygens (including phenoxy) is 2. The van der Waals surface area contributed by atoms with E-state index in [1.54, 1.807) is 38.1 Å². The highest BCUT2D eigenvalue weighted by molar-refractivity contribution is 6.30. The Hall–Kier alpha value is -2.40. The number of ketones is 1. The molecule has 0 aliphatic heterocycles. The Morgan fingerprint density at radius 3 is 2.15 bits per heavy atom. The van der Waals surface area contributed by atoms with Gasteiger partial charge in [-0.3, -0.25) is 4.79 Å². The Morgan fingerprint density at radius 2 is 1.62 bits per heavy atom. The molecule has 0 unspecified atom stereocenters. The summed E-state index contributed by atoms with van der Waals surface area (Å²) in [6, 6.07) is 10.2. The van der Waals surface area contributed by atoms with Crippen LogP contribution < -0.4 is 4.74 Å². The normalized spacial score (nSPS) is 11.3. The molecule has 0 N–H and O–H groups in total. The lowest BCUT2D eigenvalue weighted by atomic mass is 10.0.